The average molecular weight is 686 g/mol. The summed E-state index contributed by atoms with van der Waals surface area (Å²) in [5.41, 5.74) is 0.617. The molecule has 0 aliphatic carbocycles. The van der Waals surface area contributed by atoms with Gasteiger partial charge in [0.2, 0.25) is 17.7 Å². The van der Waals surface area contributed by atoms with Crippen LogP contribution in [0.5, 0.6) is 0 Å². The third kappa shape index (κ3) is 12.4. The van der Waals surface area contributed by atoms with Crippen LogP contribution in [0.4, 0.5) is 0 Å². The topological polar surface area (TPSA) is 252 Å². The summed E-state index contributed by atoms with van der Waals surface area (Å²) in [5, 5.41) is 65.9. The fourth-order valence-corrected chi connectivity index (χ4v) is 4.94. The number of aliphatic hydroxyl groups is 4. The number of terminal acetylenes is 1. The Labute approximate surface area is 275 Å². The molecule has 3 amide bonds. The highest BCUT2D eigenvalue weighted by atomic mass is 35.5. The van der Waals surface area contributed by atoms with Gasteiger partial charge in [-0.25, -0.2) is 4.79 Å². The minimum Gasteiger partial charge on any atom is -0.480 e. The molecule has 8 N–H and O–H groups in total. The molecule has 17 heteroatoms. The molecule has 0 bridgehead atoms. The first-order chi connectivity index (χ1) is 22.2. The van der Waals surface area contributed by atoms with E-state index in [1.807, 2.05) is 0 Å². The van der Waals surface area contributed by atoms with Crippen molar-refractivity contribution in [3.05, 3.63) is 34.9 Å². The summed E-state index contributed by atoms with van der Waals surface area (Å²) >= 11 is 5.84. The Morgan fingerprint density at radius 1 is 1.11 bits per heavy atom. The Hall–Kier alpha value is -3.82. The molecular weight excluding hydrogens is 646 g/mol. The van der Waals surface area contributed by atoms with Crippen LogP contribution >= 0.6 is 11.6 Å². The predicted octanol–water partition coefficient (Wildman–Crippen LogP) is -1.75. The molecule has 1 heterocycles. The van der Waals surface area contributed by atoms with Crippen molar-refractivity contribution in [1.29, 1.82) is 0 Å². The zero-order valence-corrected chi connectivity index (χ0v) is 26.2. The summed E-state index contributed by atoms with van der Waals surface area (Å²) < 4.78 is 11.2. The lowest BCUT2D eigenvalue weighted by Crippen LogP contribution is -2.68. The van der Waals surface area contributed by atoms with E-state index >= 15 is 0 Å². The second kappa shape index (κ2) is 19.1. The molecule has 6 atom stereocenters. The number of aliphatic carboxylic acids is 2. The normalized spacial score (nSPS) is 21.9. The first kappa shape index (κ1) is 39.4. The van der Waals surface area contributed by atoms with Crippen LogP contribution in [0.3, 0.4) is 0 Å². The fraction of sp³-hybridized carbons (Fsp3) is 0.567. The number of amides is 3. The predicted molar refractivity (Wildman–Crippen MR) is 163 cm³/mol. The third-order valence-electron chi connectivity index (χ3n) is 7.22. The number of carbonyl (C=O) groups excluding carboxylic acids is 3. The molecule has 1 aliphatic heterocycles. The van der Waals surface area contributed by atoms with Gasteiger partial charge in [0.1, 0.15) is 25.4 Å². The van der Waals surface area contributed by atoms with Gasteiger partial charge in [-0.2, -0.15) is 0 Å². The molecule has 0 unspecified atom stereocenters. The SMILES string of the molecule is C#CCN(CC(=O)O)C(=O)CCCCCO[C@@]1(C(=O)O)C[C@@H](O)[C@H](NC(=O)CO)[C@@H]([C@@H](O)[C@@H](O)CNC(=O)Cc2ccc(Cl)cc2)O1. The Bertz CT molecular complexity index is 1270. The summed E-state index contributed by atoms with van der Waals surface area (Å²) in [4.78, 5) is 61.0. The van der Waals surface area contributed by atoms with E-state index in [0.717, 1.165) is 4.90 Å². The second-order valence-electron chi connectivity index (χ2n) is 10.8. The van der Waals surface area contributed by atoms with Crippen LogP contribution in [-0.4, -0.2) is 134 Å². The molecule has 1 saturated heterocycles. The molecule has 0 radical (unpaired) electrons. The van der Waals surface area contributed by atoms with Crippen molar-refractivity contribution in [2.45, 2.75) is 74.8 Å². The number of carboxylic acid groups (broad SMARTS) is 2. The summed E-state index contributed by atoms with van der Waals surface area (Å²) in [5.74, 6) is -5.20. The number of nitrogens with one attached hydrogen (secondary N) is 2. The van der Waals surface area contributed by atoms with Gasteiger partial charge in [-0.1, -0.05) is 36.1 Å². The Kier molecular flexibility index (Phi) is 16.0. The molecule has 0 aromatic heterocycles. The number of carbonyl (C=O) groups is 5. The summed E-state index contributed by atoms with van der Waals surface area (Å²) in [7, 11) is 0. The number of benzene rings is 1. The maximum absolute atomic E-state index is 12.4. The van der Waals surface area contributed by atoms with Crippen LogP contribution in [0, 0.1) is 12.3 Å². The zero-order valence-electron chi connectivity index (χ0n) is 25.4. The third-order valence-corrected chi connectivity index (χ3v) is 7.47. The minimum atomic E-state index is -2.54. The molecule has 1 aliphatic rings. The smallest absolute Gasteiger partial charge is 0.364 e. The molecule has 47 heavy (non-hydrogen) atoms. The lowest BCUT2D eigenvalue weighted by molar-refractivity contribution is -0.310. The molecular formula is C30H40ClN3O13. The lowest BCUT2D eigenvalue weighted by atomic mass is 9.88. The number of halogens is 1. The van der Waals surface area contributed by atoms with E-state index in [-0.39, 0.29) is 32.4 Å². The van der Waals surface area contributed by atoms with Crippen LogP contribution in [0.2, 0.25) is 5.02 Å². The van der Waals surface area contributed by atoms with E-state index in [2.05, 4.69) is 16.6 Å². The van der Waals surface area contributed by atoms with E-state index in [1.54, 1.807) is 24.3 Å². The van der Waals surface area contributed by atoms with Gasteiger partial charge in [0.15, 0.2) is 0 Å². The van der Waals surface area contributed by atoms with Crippen molar-refractivity contribution in [1.82, 2.24) is 15.5 Å². The number of ether oxygens (including phenoxy) is 2. The van der Waals surface area contributed by atoms with Gasteiger partial charge in [0, 0.05) is 24.4 Å². The van der Waals surface area contributed by atoms with Crippen LogP contribution in [0.25, 0.3) is 0 Å². The quantitative estimate of drug-likeness (QED) is 0.0595. The highest BCUT2D eigenvalue weighted by Crippen LogP contribution is 2.34. The zero-order chi connectivity index (χ0) is 35.1. The van der Waals surface area contributed by atoms with Gasteiger partial charge in [0.05, 0.1) is 37.8 Å². The van der Waals surface area contributed by atoms with Crippen molar-refractivity contribution in [2.75, 3.05) is 32.8 Å². The van der Waals surface area contributed by atoms with E-state index in [9.17, 15) is 49.5 Å². The van der Waals surface area contributed by atoms with Gasteiger partial charge < -0.3 is 55.6 Å². The monoisotopic (exact) mass is 685 g/mol. The average Bonchev–Trinajstić information content (AvgIpc) is 3.02. The molecule has 1 aromatic rings. The number of carboxylic acids is 2. The highest BCUT2D eigenvalue weighted by molar-refractivity contribution is 6.30. The van der Waals surface area contributed by atoms with E-state index < -0.39 is 92.0 Å². The van der Waals surface area contributed by atoms with E-state index in [0.29, 0.717) is 23.4 Å². The molecule has 1 aromatic carbocycles. The highest BCUT2D eigenvalue weighted by Gasteiger charge is 2.55. The molecule has 260 valence electrons. The number of rotatable bonds is 19. The van der Waals surface area contributed by atoms with Crippen LogP contribution in [0.15, 0.2) is 24.3 Å². The van der Waals surface area contributed by atoms with Crippen molar-refractivity contribution in [3.63, 3.8) is 0 Å². The molecule has 1 fully saturated rings. The minimum absolute atomic E-state index is 0.0249. The molecule has 2 rings (SSSR count). The Balaban J connectivity index is 2.05. The lowest BCUT2D eigenvalue weighted by Gasteiger charge is -2.46. The van der Waals surface area contributed by atoms with Crippen molar-refractivity contribution < 1.29 is 64.1 Å². The summed E-state index contributed by atoms with van der Waals surface area (Å²) in [6.07, 6.45) is -2.04. The number of nitrogens with zero attached hydrogens (tertiary/aromatic N) is 1. The summed E-state index contributed by atoms with van der Waals surface area (Å²) in [6.45, 7) is -2.50. The van der Waals surface area contributed by atoms with E-state index in [1.165, 1.54) is 0 Å². The maximum atomic E-state index is 12.4. The van der Waals surface area contributed by atoms with Gasteiger partial charge in [-0.15, -0.1) is 6.42 Å². The van der Waals surface area contributed by atoms with Gasteiger partial charge in [0.25, 0.3) is 5.79 Å². The van der Waals surface area contributed by atoms with Gasteiger partial charge in [-0.05, 0) is 30.5 Å². The van der Waals surface area contributed by atoms with Crippen molar-refractivity contribution >= 4 is 41.3 Å². The number of hydrogen-bond acceptors (Lipinski definition) is 11. The van der Waals surface area contributed by atoms with Gasteiger partial charge >= 0.3 is 11.9 Å². The van der Waals surface area contributed by atoms with Crippen molar-refractivity contribution in [3.8, 4) is 12.3 Å². The molecule has 16 nitrogen and oxygen atoms in total. The Morgan fingerprint density at radius 3 is 2.38 bits per heavy atom. The molecule has 0 spiro atoms. The largest absolute Gasteiger partial charge is 0.480 e. The standard InChI is InChI=1S/C30H40ClN3O13/c1-2-11-34(16-25(41)42)24(40)6-4-3-5-12-46-30(29(44)45)14-20(36)26(33-23(39)17-35)28(47-30)27(43)21(37)15-32-22(38)13-18-7-9-19(31)10-8-18/h1,7-10,20-21,26-28,35-37,43H,3-6,11-17H2,(H,32,38)(H,33,39)(H,41,42)(H,44,45)/t20-,21+,26+,27+,28+,30+/m1/s1. The molecule has 0 saturated carbocycles. The first-order valence-electron chi connectivity index (χ1n) is 14.7. The first-order valence-corrected chi connectivity index (χ1v) is 15.0. The number of hydrogen-bond donors (Lipinski definition) is 8. The van der Waals surface area contributed by atoms with Crippen LogP contribution in [0.1, 0.15) is 37.7 Å². The van der Waals surface area contributed by atoms with Gasteiger partial charge in [-0.3, -0.25) is 19.2 Å². The summed E-state index contributed by atoms with van der Waals surface area (Å²) in [6, 6.07) is 4.94. The second-order valence-corrected chi connectivity index (χ2v) is 11.3. The number of aliphatic hydroxyl groups excluding tert-OH is 4. The maximum Gasteiger partial charge on any atom is 0.364 e. The number of unbranched alkanes of at least 4 members (excludes halogenated alkanes) is 2. The van der Waals surface area contributed by atoms with Crippen LogP contribution in [-0.2, 0) is 39.9 Å². The van der Waals surface area contributed by atoms with E-state index in [4.69, 9.17) is 32.6 Å². The fourth-order valence-electron chi connectivity index (χ4n) is 4.81. The van der Waals surface area contributed by atoms with Crippen molar-refractivity contribution in [2.24, 2.45) is 0 Å². The Morgan fingerprint density at radius 2 is 1.79 bits per heavy atom. The van der Waals surface area contributed by atoms with Crippen LogP contribution < -0.4 is 10.6 Å².